The summed E-state index contributed by atoms with van der Waals surface area (Å²) in [5, 5.41) is 1.13. The van der Waals surface area contributed by atoms with Crippen LogP contribution in [0.5, 0.6) is 0 Å². The summed E-state index contributed by atoms with van der Waals surface area (Å²) in [6, 6.07) is 20.1. The van der Waals surface area contributed by atoms with E-state index in [2.05, 4.69) is 39.9 Å². The first-order valence-electron chi connectivity index (χ1n) is 11.5. The molecule has 2 heterocycles. The zero-order valence-corrected chi connectivity index (χ0v) is 19.4. The van der Waals surface area contributed by atoms with Crippen molar-refractivity contribution in [1.82, 2.24) is 14.5 Å². The Hall–Kier alpha value is -3.93. The van der Waals surface area contributed by atoms with Crippen LogP contribution in [0, 0.1) is 0 Å². The minimum Gasteiger partial charge on any atom is -0.465 e. The Morgan fingerprint density at radius 3 is 2.71 bits per heavy atom. The molecule has 0 aliphatic heterocycles. The van der Waals surface area contributed by atoms with Gasteiger partial charge in [-0.2, -0.15) is 0 Å². The molecule has 2 aromatic heterocycles. The highest BCUT2D eigenvalue weighted by Crippen LogP contribution is 2.36. The summed E-state index contributed by atoms with van der Waals surface area (Å²) >= 11 is 0. The fraction of sp³-hybridized carbons (Fsp3) is 0.250. The summed E-state index contributed by atoms with van der Waals surface area (Å²) in [7, 11) is 3.35. The number of para-hydroxylation sites is 1. The first-order valence-corrected chi connectivity index (χ1v) is 11.5. The second-order valence-electron chi connectivity index (χ2n) is 8.71. The number of hydrogen-bond donors (Lipinski definition) is 0. The highest BCUT2D eigenvalue weighted by molar-refractivity contribution is 6.05. The van der Waals surface area contributed by atoms with Crippen molar-refractivity contribution < 1.29 is 14.3 Å². The molecule has 34 heavy (non-hydrogen) atoms. The number of benzene rings is 2. The molecule has 172 valence electrons. The first-order chi connectivity index (χ1) is 16.6. The van der Waals surface area contributed by atoms with E-state index in [1.54, 1.807) is 6.07 Å². The monoisotopic (exact) mass is 453 g/mol. The number of aryl methyl sites for hydroxylation is 2. The number of fused-ring (bicyclic) bond motifs is 2. The van der Waals surface area contributed by atoms with Crippen molar-refractivity contribution in [2.45, 2.75) is 31.8 Å². The van der Waals surface area contributed by atoms with E-state index in [-0.39, 0.29) is 23.1 Å². The maximum Gasteiger partial charge on any atom is 0.338 e. The average Bonchev–Trinajstić information content (AvgIpc) is 3.21. The van der Waals surface area contributed by atoms with Gasteiger partial charge in [0, 0.05) is 30.7 Å². The van der Waals surface area contributed by atoms with Gasteiger partial charge in [0.15, 0.2) is 0 Å². The molecule has 6 nitrogen and oxygen atoms in total. The molecule has 0 fully saturated rings. The minimum atomic E-state index is -0.542. The third-order valence-corrected chi connectivity index (χ3v) is 6.82. The molecular weight excluding hydrogens is 426 g/mol. The Morgan fingerprint density at radius 2 is 1.88 bits per heavy atom. The summed E-state index contributed by atoms with van der Waals surface area (Å²) in [5.74, 6) is -0.764. The molecule has 6 heteroatoms. The van der Waals surface area contributed by atoms with Gasteiger partial charge in [-0.25, -0.2) is 4.79 Å². The van der Waals surface area contributed by atoms with Crippen LogP contribution in [-0.4, -0.2) is 33.4 Å². The van der Waals surface area contributed by atoms with E-state index >= 15 is 0 Å². The van der Waals surface area contributed by atoms with E-state index < -0.39 is 5.97 Å². The van der Waals surface area contributed by atoms with Crippen LogP contribution >= 0.6 is 0 Å². The topological polar surface area (TPSA) is 64.4 Å². The van der Waals surface area contributed by atoms with Gasteiger partial charge < -0.3 is 14.2 Å². The molecular formula is C28H27N3O3. The molecule has 1 aliphatic rings. The Balaban J connectivity index is 1.62. The molecule has 5 rings (SSSR count). The van der Waals surface area contributed by atoms with Gasteiger partial charge in [0.25, 0.3) is 5.91 Å². The molecule has 4 aromatic rings. The number of pyridine rings is 1. The number of carbonyl (C=O) groups is 2. The van der Waals surface area contributed by atoms with Gasteiger partial charge in [-0.1, -0.05) is 42.5 Å². The van der Waals surface area contributed by atoms with Crippen molar-refractivity contribution in [3.63, 3.8) is 0 Å². The van der Waals surface area contributed by atoms with Crippen LogP contribution in [0.2, 0.25) is 0 Å². The van der Waals surface area contributed by atoms with Crippen LogP contribution in [0.4, 0.5) is 0 Å². The van der Waals surface area contributed by atoms with E-state index in [1.165, 1.54) is 30.6 Å². The van der Waals surface area contributed by atoms with Crippen molar-refractivity contribution in [3.8, 4) is 0 Å². The number of esters is 1. The first kappa shape index (κ1) is 21.9. The van der Waals surface area contributed by atoms with E-state index in [9.17, 15) is 9.59 Å². The lowest BCUT2D eigenvalue weighted by molar-refractivity contribution is 0.0571. The summed E-state index contributed by atoms with van der Waals surface area (Å²) in [5.41, 5.74) is 5.08. The van der Waals surface area contributed by atoms with Crippen LogP contribution in [0.1, 0.15) is 56.4 Å². The number of methoxy groups -OCH3 is 1. The lowest BCUT2D eigenvalue weighted by atomic mass is 9.86. The Kier molecular flexibility index (Phi) is 5.88. The quantitative estimate of drug-likeness (QED) is 0.395. The van der Waals surface area contributed by atoms with E-state index in [0.717, 1.165) is 35.9 Å². The summed E-state index contributed by atoms with van der Waals surface area (Å²) in [6.45, 7) is 0.415. The largest absolute Gasteiger partial charge is 0.465 e. The van der Waals surface area contributed by atoms with Gasteiger partial charge in [0.1, 0.15) is 0 Å². The second-order valence-corrected chi connectivity index (χ2v) is 8.71. The van der Waals surface area contributed by atoms with Crippen molar-refractivity contribution in [1.29, 1.82) is 0 Å². The Bertz CT molecular complexity index is 1370. The highest BCUT2D eigenvalue weighted by Gasteiger charge is 2.32. The van der Waals surface area contributed by atoms with Gasteiger partial charge >= 0.3 is 5.97 Å². The van der Waals surface area contributed by atoms with Crippen molar-refractivity contribution in [2.24, 2.45) is 7.05 Å². The van der Waals surface area contributed by atoms with Gasteiger partial charge in [-0.15, -0.1) is 0 Å². The molecule has 1 aliphatic carbocycles. The fourth-order valence-corrected chi connectivity index (χ4v) is 5.06. The molecule has 0 bridgehead atoms. The van der Waals surface area contributed by atoms with Crippen molar-refractivity contribution in [2.75, 3.05) is 7.11 Å². The smallest absolute Gasteiger partial charge is 0.338 e. The van der Waals surface area contributed by atoms with E-state index in [0.29, 0.717) is 6.54 Å². The molecule has 0 saturated carbocycles. The van der Waals surface area contributed by atoms with Gasteiger partial charge in [-0.05, 0) is 54.0 Å². The summed E-state index contributed by atoms with van der Waals surface area (Å²) in [6.07, 6.45) is 5.84. The average molecular weight is 454 g/mol. The number of hydrogen-bond acceptors (Lipinski definition) is 4. The van der Waals surface area contributed by atoms with E-state index in [1.807, 2.05) is 36.2 Å². The zero-order valence-electron chi connectivity index (χ0n) is 19.4. The standard InChI is InChI=1S/C28H27N3O3/c1-30-21(16-20-9-4-6-12-25(20)30)18-31(26-13-7-10-19-8-3-5-11-22(19)26)27(32)24-17-29-15-14-23(24)28(33)34-2/h3-6,8-9,11-12,14-17,26H,7,10,13,18H2,1-2H3. The SMILES string of the molecule is COC(=O)c1ccncc1C(=O)N(Cc1cc2ccccc2n1C)C1CCCc2ccccc21. The van der Waals surface area contributed by atoms with Crippen molar-refractivity contribution >= 4 is 22.8 Å². The fourth-order valence-electron chi connectivity index (χ4n) is 5.06. The molecule has 0 radical (unpaired) electrons. The molecule has 2 aromatic carbocycles. The molecule has 1 atom stereocenters. The molecule has 1 unspecified atom stereocenters. The molecule has 0 saturated heterocycles. The van der Waals surface area contributed by atoms with Crippen LogP contribution in [0.25, 0.3) is 10.9 Å². The van der Waals surface area contributed by atoms with E-state index in [4.69, 9.17) is 4.74 Å². The predicted molar refractivity (Wildman–Crippen MR) is 130 cm³/mol. The third kappa shape index (κ3) is 3.85. The molecule has 1 amide bonds. The molecule has 0 spiro atoms. The Labute approximate surface area is 198 Å². The predicted octanol–water partition coefficient (Wildman–Crippen LogP) is 5.08. The lowest BCUT2D eigenvalue weighted by Crippen LogP contribution is -2.37. The summed E-state index contributed by atoms with van der Waals surface area (Å²) < 4.78 is 7.08. The van der Waals surface area contributed by atoms with Crippen LogP contribution in [0.15, 0.2) is 73.1 Å². The maximum absolute atomic E-state index is 14.1. The maximum atomic E-state index is 14.1. The third-order valence-electron chi connectivity index (χ3n) is 6.82. The van der Waals surface area contributed by atoms with Crippen LogP contribution in [-0.2, 0) is 24.8 Å². The normalized spacial score (nSPS) is 15.1. The van der Waals surface area contributed by atoms with Crippen LogP contribution in [0.3, 0.4) is 0 Å². The zero-order chi connectivity index (χ0) is 23.7. The number of rotatable bonds is 5. The van der Waals surface area contributed by atoms with Gasteiger partial charge in [0.05, 0.1) is 30.8 Å². The lowest BCUT2D eigenvalue weighted by Gasteiger charge is -2.36. The van der Waals surface area contributed by atoms with Crippen LogP contribution < -0.4 is 0 Å². The number of nitrogens with zero attached hydrogens (tertiary/aromatic N) is 3. The van der Waals surface area contributed by atoms with Crippen molar-refractivity contribution in [3.05, 3.63) is 101 Å². The number of aromatic nitrogens is 2. The minimum absolute atomic E-state index is 0.0961. The highest BCUT2D eigenvalue weighted by atomic mass is 16.5. The number of carbonyl (C=O) groups excluding carboxylic acids is 2. The number of ether oxygens (including phenoxy) is 1. The molecule has 0 N–H and O–H groups in total. The van der Waals surface area contributed by atoms with Gasteiger partial charge in [-0.3, -0.25) is 9.78 Å². The number of amides is 1. The summed E-state index contributed by atoms with van der Waals surface area (Å²) in [4.78, 5) is 32.6. The second kappa shape index (κ2) is 9.14. The Morgan fingerprint density at radius 1 is 1.09 bits per heavy atom. The van der Waals surface area contributed by atoms with Gasteiger partial charge in [0.2, 0.25) is 0 Å².